The molecule has 1 heterocycles. The molecule has 1 aromatic heterocycles. The number of aromatic nitrogens is 2. The normalized spacial score (nSPS) is 10.6. The second kappa shape index (κ2) is 8.54. The van der Waals surface area contributed by atoms with Crippen LogP contribution < -0.4 is 5.32 Å². The van der Waals surface area contributed by atoms with Crippen LogP contribution in [0, 0.1) is 6.92 Å². The Morgan fingerprint density at radius 2 is 1.77 bits per heavy atom. The molecule has 0 spiro atoms. The van der Waals surface area contributed by atoms with Crippen LogP contribution in [-0.4, -0.2) is 21.9 Å². The molecule has 0 fully saturated rings. The van der Waals surface area contributed by atoms with Gasteiger partial charge in [0, 0.05) is 21.3 Å². The Kier molecular flexibility index (Phi) is 6.14. The van der Waals surface area contributed by atoms with E-state index in [-0.39, 0.29) is 11.7 Å². The first-order valence-corrected chi connectivity index (χ1v) is 9.54. The van der Waals surface area contributed by atoms with Crippen LogP contribution in [0.2, 0.25) is 10.0 Å². The smallest absolute Gasteiger partial charge is 0.234 e. The van der Waals surface area contributed by atoms with Gasteiger partial charge in [0.15, 0.2) is 0 Å². The molecule has 3 aromatic rings. The molecule has 0 radical (unpaired) electrons. The molecule has 4 nitrogen and oxygen atoms in total. The van der Waals surface area contributed by atoms with E-state index in [0.29, 0.717) is 20.8 Å². The summed E-state index contributed by atoms with van der Waals surface area (Å²) in [7, 11) is 0. The van der Waals surface area contributed by atoms with E-state index >= 15 is 0 Å². The van der Waals surface area contributed by atoms with E-state index in [9.17, 15) is 4.79 Å². The van der Waals surface area contributed by atoms with Crippen molar-refractivity contribution < 1.29 is 4.79 Å². The average Bonchev–Trinajstić information content (AvgIpc) is 2.60. The Morgan fingerprint density at radius 1 is 1.04 bits per heavy atom. The van der Waals surface area contributed by atoms with Crippen molar-refractivity contribution in [3.05, 3.63) is 70.2 Å². The van der Waals surface area contributed by atoms with Crippen LogP contribution in [0.15, 0.2) is 59.6 Å². The van der Waals surface area contributed by atoms with Gasteiger partial charge in [-0.1, -0.05) is 59.2 Å². The van der Waals surface area contributed by atoms with Gasteiger partial charge in [-0.05, 0) is 42.8 Å². The number of carbonyl (C=O) groups is 1. The Balaban J connectivity index is 1.59. The number of carbonyl (C=O) groups excluding carboxylic acids is 1. The van der Waals surface area contributed by atoms with Gasteiger partial charge in [0.05, 0.1) is 11.4 Å². The molecular formula is C19H15Cl2N3OS. The summed E-state index contributed by atoms with van der Waals surface area (Å²) in [5.41, 5.74) is 3.56. The molecule has 0 unspecified atom stereocenters. The van der Waals surface area contributed by atoms with Crippen molar-refractivity contribution in [1.29, 1.82) is 0 Å². The summed E-state index contributed by atoms with van der Waals surface area (Å²) in [5.74, 6) is 0.0424. The van der Waals surface area contributed by atoms with Crippen molar-refractivity contribution in [1.82, 2.24) is 10.2 Å². The molecule has 2 aromatic carbocycles. The Labute approximate surface area is 165 Å². The van der Waals surface area contributed by atoms with Crippen molar-refractivity contribution in [3.8, 4) is 11.3 Å². The highest BCUT2D eigenvalue weighted by atomic mass is 35.5. The van der Waals surface area contributed by atoms with Crippen molar-refractivity contribution in [2.24, 2.45) is 0 Å². The van der Waals surface area contributed by atoms with Crippen LogP contribution in [0.4, 0.5) is 5.69 Å². The standard InChI is InChI=1S/C19H15Cl2N3OS/c1-12-4-2-3-5-16(12)17-6-7-19(24-23-17)26-11-18(25)22-15-9-13(20)8-14(21)10-15/h2-10H,11H2,1H3,(H,22,25). The van der Waals surface area contributed by atoms with Gasteiger partial charge in [-0.15, -0.1) is 10.2 Å². The predicted octanol–water partition coefficient (Wildman–Crippen LogP) is 5.49. The van der Waals surface area contributed by atoms with Crippen molar-refractivity contribution in [2.45, 2.75) is 11.9 Å². The van der Waals surface area contributed by atoms with E-state index in [1.165, 1.54) is 11.8 Å². The lowest BCUT2D eigenvalue weighted by Crippen LogP contribution is -2.14. The van der Waals surface area contributed by atoms with Crippen LogP contribution in [-0.2, 0) is 4.79 Å². The van der Waals surface area contributed by atoms with E-state index in [2.05, 4.69) is 15.5 Å². The van der Waals surface area contributed by atoms with Crippen LogP contribution in [0.5, 0.6) is 0 Å². The number of thioether (sulfide) groups is 1. The van der Waals surface area contributed by atoms with Crippen LogP contribution in [0.3, 0.4) is 0 Å². The molecule has 0 bridgehead atoms. The molecule has 0 aliphatic rings. The summed E-state index contributed by atoms with van der Waals surface area (Å²) in [6.45, 7) is 2.03. The Morgan fingerprint density at radius 3 is 2.42 bits per heavy atom. The summed E-state index contributed by atoms with van der Waals surface area (Å²) < 4.78 is 0. The molecular weight excluding hydrogens is 389 g/mol. The zero-order valence-corrected chi connectivity index (χ0v) is 16.2. The van der Waals surface area contributed by atoms with E-state index < -0.39 is 0 Å². The zero-order valence-electron chi connectivity index (χ0n) is 13.9. The molecule has 26 heavy (non-hydrogen) atoms. The fraction of sp³-hybridized carbons (Fsp3) is 0.105. The summed E-state index contributed by atoms with van der Waals surface area (Å²) in [5, 5.41) is 12.8. The molecule has 0 atom stereocenters. The fourth-order valence-corrected chi connectivity index (χ4v) is 3.50. The maximum absolute atomic E-state index is 12.1. The van der Waals surface area contributed by atoms with Crippen molar-refractivity contribution >= 4 is 46.6 Å². The molecule has 1 amide bonds. The van der Waals surface area contributed by atoms with Gasteiger partial charge in [0.2, 0.25) is 5.91 Å². The highest BCUT2D eigenvalue weighted by molar-refractivity contribution is 7.99. The van der Waals surface area contributed by atoms with Gasteiger partial charge in [-0.2, -0.15) is 0 Å². The number of aryl methyl sites for hydroxylation is 1. The van der Waals surface area contributed by atoms with Crippen LogP contribution in [0.1, 0.15) is 5.56 Å². The van der Waals surface area contributed by atoms with Gasteiger partial charge in [0.25, 0.3) is 0 Å². The summed E-state index contributed by atoms with van der Waals surface area (Å²) >= 11 is 13.2. The predicted molar refractivity (Wildman–Crippen MR) is 108 cm³/mol. The highest BCUT2D eigenvalue weighted by Gasteiger charge is 2.08. The third-order valence-electron chi connectivity index (χ3n) is 3.56. The first kappa shape index (κ1) is 18.7. The molecule has 0 aliphatic carbocycles. The molecule has 0 aliphatic heterocycles. The number of hydrogen-bond donors (Lipinski definition) is 1. The van der Waals surface area contributed by atoms with Gasteiger partial charge in [-0.25, -0.2) is 0 Å². The number of nitrogens with one attached hydrogen (secondary N) is 1. The van der Waals surface area contributed by atoms with E-state index in [1.54, 1.807) is 18.2 Å². The lowest BCUT2D eigenvalue weighted by Gasteiger charge is -2.07. The topological polar surface area (TPSA) is 54.9 Å². The molecule has 0 saturated heterocycles. The third-order valence-corrected chi connectivity index (χ3v) is 4.92. The highest BCUT2D eigenvalue weighted by Crippen LogP contribution is 2.24. The molecule has 1 N–H and O–H groups in total. The summed E-state index contributed by atoms with van der Waals surface area (Å²) in [4.78, 5) is 12.1. The second-order valence-corrected chi connectivity index (χ2v) is 7.44. The minimum absolute atomic E-state index is 0.168. The summed E-state index contributed by atoms with van der Waals surface area (Å²) in [6.07, 6.45) is 0. The van der Waals surface area contributed by atoms with Gasteiger partial charge in [0.1, 0.15) is 5.03 Å². The Hall–Kier alpha value is -2.08. The number of nitrogens with zero attached hydrogens (tertiary/aromatic N) is 2. The molecule has 7 heteroatoms. The number of amides is 1. The minimum Gasteiger partial charge on any atom is -0.325 e. The van der Waals surface area contributed by atoms with E-state index in [1.807, 2.05) is 43.3 Å². The number of benzene rings is 2. The molecule has 0 saturated carbocycles. The fourth-order valence-electron chi connectivity index (χ4n) is 2.36. The van der Waals surface area contributed by atoms with Gasteiger partial charge in [-0.3, -0.25) is 4.79 Å². The third kappa shape index (κ3) is 4.97. The number of rotatable bonds is 5. The van der Waals surface area contributed by atoms with Gasteiger partial charge >= 0.3 is 0 Å². The maximum Gasteiger partial charge on any atom is 0.234 e. The minimum atomic E-state index is -0.168. The average molecular weight is 404 g/mol. The SMILES string of the molecule is Cc1ccccc1-c1ccc(SCC(=O)Nc2cc(Cl)cc(Cl)c2)nn1. The zero-order chi connectivity index (χ0) is 18.5. The van der Waals surface area contributed by atoms with Crippen molar-refractivity contribution in [3.63, 3.8) is 0 Å². The molecule has 132 valence electrons. The quantitative estimate of drug-likeness (QED) is 0.572. The Bertz CT molecular complexity index is 912. The van der Waals surface area contributed by atoms with Crippen LogP contribution >= 0.6 is 35.0 Å². The largest absolute Gasteiger partial charge is 0.325 e. The van der Waals surface area contributed by atoms with Crippen LogP contribution in [0.25, 0.3) is 11.3 Å². The van der Waals surface area contributed by atoms with E-state index in [0.717, 1.165) is 16.8 Å². The molecule has 3 rings (SSSR count). The van der Waals surface area contributed by atoms with Crippen molar-refractivity contribution in [2.75, 3.05) is 11.1 Å². The number of hydrogen-bond acceptors (Lipinski definition) is 4. The monoisotopic (exact) mass is 403 g/mol. The lowest BCUT2D eigenvalue weighted by atomic mass is 10.1. The van der Waals surface area contributed by atoms with E-state index in [4.69, 9.17) is 23.2 Å². The summed E-state index contributed by atoms with van der Waals surface area (Å²) in [6, 6.07) is 16.7. The second-order valence-electron chi connectivity index (χ2n) is 5.57. The number of anilines is 1. The first-order chi connectivity index (χ1) is 12.5. The number of halogens is 2. The van der Waals surface area contributed by atoms with Gasteiger partial charge < -0.3 is 5.32 Å². The lowest BCUT2D eigenvalue weighted by molar-refractivity contribution is -0.113. The first-order valence-electron chi connectivity index (χ1n) is 7.80. The maximum atomic E-state index is 12.1.